The molecule has 2 rings (SSSR count). The summed E-state index contributed by atoms with van der Waals surface area (Å²) in [6.45, 7) is 3.73. The molecule has 1 aliphatic rings. The Bertz CT molecular complexity index is 536. The Hall–Kier alpha value is -2.15. The van der Waals surface area contributed by atoms with E-state index in [1.807, 2.05) is 11.1 Å². The van der Waals surface area contributed by atoms with Crippen molar-refractivity contribution in [3.63, 3.8) is 0 Å². The molecule has 114 valence electrons. The molecule has 7 heteroatoms. The number of nitro benzene ring substituents is 1. The summed E-state index contributed by atoms with van der Waals surface area (Å²) < 4.78 is 0. The zero-order valence-corrected chi connectivity index (χ0v) is 12.7. The van der Waals surface area contributed by atoms with Gasteiger partial charge in [-0.2, -0.15) is 5.10 Å². The minimum absolute atomic E-state index is 0.0994. The van der Waals surface area contributed by atoms with Crippen molar-refractivity contribution in [1.29, 1.82) is 0 Å². The Morgan fingerprint density at radius 1 is 1.29 bits per heavy atom. The lowest BCUT2D eigenvalue weighted by molar-refractivity contribution is -0.384. The molecule has 1 saturated heterocycles. The predicted molar refractivity (Wildman–Crippen MR) is 84.1 cm³/mol. The van der Waals surface area contributed by atoms with Gasteiger partial charge in [0.05, 0.1) is 11.1 Å². The Kier molecular flexibility index (Phi) is 4.74. The largest absolute Gasteiger partial charge is 0.372 e. The highest BCUT2D eigenvalue weighted by atomic mass is 16.6. The summed E-state index contributed by atoms with van der Waals surface area (Å²) in [5.41, 5.74) is 1.44. The summed E-state index contributed by atoms with van der Waals surface area (Å²) in [6.07, 6.45) is 1.69. The van der Waals surface area contributed by atoms with Gasteiger partial charge in [-0.05, 0) is 13.1 Å². The highest BCUT2D eigenvalue weighted by Gasteiger charge is 2.16. The molecule has 1 aromatic carbocycles. The number of hydrazone groups is 1. The smallest absolute Gasteiger partial charge is 0.293 e. The lowest BCUT2D eigenvalue weighted by Gasteiger charge is -2.30. The van der Waals surface area contributed by atoms with E-state index in [4.69, 9.17) is 0 Å². The van der Waals surface area contributed by atoms with Gasteiger partial charge < -0.3 is 9.80 Å². The van der Waals surface area contributed by atoms with Crippen molar-refractivity contribution in [2.24, 2.45) is 5.10 Å². The molecule has 0 amide bonds. The molecule has 0 spiro atoms. The number of nitro groups is 1. The van der Waals surface area contributed by atoms with Crippen LogP contribution in [0.15, 0.2) is 23.3 Å². The number of nitrogens with zero attached hydrogens (tertiary/aromatic N) is 5. The minimum Gasteiger partial charge on any atom is -0.372 e. The molecule has 0 aromatic heterocycles. The van der Waals surface area contributed by atoms with Gasteiger partial charge in [0.25, 0.3) is 5.69 Å². The van der Waals surface area contributed by atoms with E-state index in [1.165, 1.54) is 0 Å². The zero-order valence-electron chi connectivity index (χ0n) is 12.7. The van der Waals surface area contributed by atoms with Crippen LogP contribution >= 0.6 is 0 Å². The summed E-state index contributed by atoms with van der Waals surface area (Å²) in [7, 11) is 5.67. The summed E-state index contributed by atoms with van der Waals surface area (Å²) >= 11 is 0. The summed E-state index contributed by atoms with van der Waals surface area (Å²) in [4.78, 5) is 14.8. The van der Waals surface area contributed by atoms with Crippen LogP contribution < -0.4 is 4.90 Å². The second-order valence-electron chi connectivity index (χ2n) is 5.40. The van der Waals surface area contributed by atoms with Gasteiger partial charge in [-0.1, -0.05) is 6.07 Å². The van der Waals surface area contributed by atoms with Gasteiger partial charge >= 0.3 is 0 Å². The first-order valence-electron chi connectivity index (χ1n) is 6.90. The maximum atomic E-state index is 11.1. The lowest BCUT2D eigenvalue weighted by atomic mass is 10.2. The van der Waals surface area contributed by atoms with Crippen molar-refractivity contribution in [2.45, 2.75) is 0 Å². The molecule has 1 aromatic rings. The van der Waals surface area contributed by atoms with Crippen molar-refractivity contribution in [1.82, 2.24) is 9.91 Å². The second-order valence-corrected chi connectivity index (χ2v) is 5.40. The molecular weight excluding hydrogens is 270 g/mol. The highest BCUT2D eigenvalue weighted by molar-refractivity contribution is 5.83. The quantitative estimate of drug-likeness (QED) is 0.474. The van der Waals surface area contributed by atoms with E-state index in [0.717, 1.165) is 31.7 Å². The molecule has 0 atom stereocenters. The molecule has 7 nitrogen and oxygen atoms in total. The molecule has 21 heavy (non-hydrogen) atoms. The van der Waals surface area contributed by atoms with Gasteiger partial charge in [-0.3, -0.25) is 15.1 Å². The van der Waals surface area contributed by atoms with Crippen LogP contribution in [0.1, 0.15) is 5.56 Å². The SMILES string of the molecule is CN1CCN(/N=C\c2ccc(N(C)C)c([N+](=O)[O-])c2)CC1. The number of hydrogen-bond acceptors (Lipinski definition) is 6. The third-order valence-electron chi connectivity index (χ3n) is 3.53. The zero-order chi connectivity index (χ0) is 15.4. The molecule has 0 unspecified atom stereocenters. The van der Waals surface area contributed by atoms with Gasteiger partial charge in [0, 0.05) is 51.9 Å². The number of piperazine rings is 1. The van der Waals surface area contributed by atoms with E-state index < -0.39 is 0 Å². The van der Waals surface area contributed by atoms with Gasteiger partial charge in [0.15, 0.2) is 0 Å². The van der Waals surface area contributed by atoms with Crippen molar-refractivity contribution in [3.8, 4) is 0 Å². The molecule has 1 aliphatic heterocycles. The van der Waals surface area contributed by atoms with Crippen molar-refractivity contribution < 1.29 is 4.92 Å². The fourth-order valence-corrected chi connectivity index (χ4v) is 2.20. The van der Waals surface area contributed by atoms with Gasteiger partial charge in [0.1, 0.15) is 5.69 Å². The van der Waals surface area contributed by atoms with E-state index in [-0.39, 0.29) is 10.6 Å². The Balaban J connectivity index is 2.13. The van der Waals surface area contributed by atoms with Gasteiger partial charge in [0.2, 0.25) is 0 Å². The average molecular weight is 291 g/mol. The fraction of sp³-hybridized carbons (Fsp3) is 0.500. The van der Waals surface area contributed by atoms with E-state index in [0.29, 0.717) is 5.69 Å². The minimum atomic E-state index is -0.359. The van der Waals surface area contributed by atoms with Crippen LogP contribution in [0.3, 0.4) is 0 Å². The van der Waals surface area contributed by atoms with Crippen LogP contribution in [-0.4, -0.2) is 68.4 Å². The standard InChI is InChI=1S/C14H21N5O2/c1-16(2)13-5-4-12(10-14(13)19(20)21)11-15-18-8-6-17(3)7-9-18/h4-5,10-11H,6-9H2,1-3H3/b15-11-. The molecule has 0 N–H and O–H groups in total. The molecular formula is C14H21N5O2. The third kappa shape index (κ3) is 3.91. The summed E-state index contributed by atoms with van der Waals surface area (Å²) in [6, 6.07) is 5.17. The Labute approximate surface area is 124 Å². The molecule has 1 fully saturated rings. The van der Waals surface area contributed by atoms with Crippen LogP contribution in [0.5, 0.6) is 0 Å². The number of anilines is 1. The highest BCUT2D eigenvalue weighted by Crippen LogP contribution is 2.27. The fourth-order valence-electron chi connectivity index (χ4n) is 2.20. The van der Waals surface area contributed by atoms with Crippen LogP contribution in [0, 0.1) is 10.1 Å². The lowest BCUT2D eigenvalue weighted by Crippen LogP contribution is -2.41. The first-order valence-corrected chi connectivity index (χ1v) is 6.90. The number of benzene rings is 1. The van der Waals surface area contributed by atoms with Crippen LogP contribution in [-0.2, 0) is 0 Å². The molecule has 0 bridgehead atoms. The Morgan fingerprint density at radius 3 is 2.52 bits per heavy atom. The van der Waals surface area contributed by atoms with E-state index >= 15 is 0 Å². The summed E-state index contributed by atoms with van der Waals surface area (Å²) in [5, 5.41) is 17.5. The molecule has 0 radical (unpaired) electrons. The van der Waals surface area contributed by atoms with E-state index in [9.17, 15) is 10.1 Å². The van der Waals surface area contributed by atoms with Crippen molar-refractivity contribution >= 4 is 17.6 Å². The number of hydrogen-bond donors (Lipinski definition) is 0. The summed E-state index contributed by atoms with van der Waals surface area (Å²) in [5.74, 6) is 0. The monoisotopic (exact) mass is 291 g/mol. The van der Waals surface area contributed by atoms with Crippen molar-refractivity contribution in [3.05, 3.63) is 33.9 Å². The topological polar surface area (TPSA) is 65.2 Å². The molecule has 0 saturated carbocycles. The van der Waals surface area contributed by atoms with Crippen LogP contribution in [0.2, 0.25) is 0 Å². The number of likely N-dealkylation sites (N-methyl/N-ethyl adjacent to an activating group) is 1. The maximum Gasteiger partial charge on any atom is 0.293 e. The maximum absolute atomic E-state index is 11.1. The first kappa shape index (κ1) is 15.2. The molecule has 0 aliphatic carbocycles. The third-order valence-corrected chi connectivity index (χ3v) is 3.53. The normalized spacial score (nSPS) is 16.4. The van der Waals surface area contributed by atoms with Gasteiger partial charge in [-0.15, -0.1) is 0 Å². The van der Waals surface area contributed by atoms with E-state index in [1.54, 1.807) is 37.3 Å². The van der Waals surface area contributed by atoms with Gasteiger partial charge in [-0.25, -0.2) is 0 Å². The Morgan fingerprint density at radius 2 is 1.95 bits per heavy atom. The second kappa shape index (κ2) is 6.53. The van der Waals surface area contributed by atoms with Crippen LogP contribution in [0.25, 0.3) is 0 Å². The number of rotatable bonds is 4. The first-order chi connectivity index (χ1) is 9.97. The van der Waals surface area contributed by atoms with Crippen LogP contribution in [0.4, 0.5) is 11.4 Å². The molecule has 1 heterocycles. The predicted octanol–water partition coefficient (Wildman–Crippen LogP) is 1.24. The average Bonchev–Trinajstić information content (AvgIpc) is 2.46. The van der Waals surface area contributed by atoms with E-state index in [2.05, 4.69) is 17.0 Å². The van der Waals surface area contributed by atoms with Crippen molar-refractivity contribution in [2.75, 3.05) is 52.2 Å².